The molecule has 0 radical (unpaired) electrons. The summed E-state index contributed by atoms with van der Waals surface area (Å²) in [6.45, 7) is 3.75. The summed E-state index contributed by atoms with van der Waals surface area (Å²) in [6, 6.07) is 12.9. The molecule has 0 saturated carbocycles. The van der Waals surface area contributed by atoms with Crippen LogP contribution in [0.3, 0.4) is 0 Å². The second kappa shape index (κ2) is 6.78. The van der Waals surface area contributed by atoms with Crippen LogP contribution in [0.25, 0.3) is 11.0 Å². The lowest BCUT2D eigenvalue weighted by Gasteiger charge is -2.26. The number of carbonyl (C=O) groups is 1. The van der Waals surface area contributed by atoms with E-state index in [1.54, 1.807) is 41.3 Å². The van der Waals surface area contributed by atoms with E-state index in [-0.39, 0.29) is 22.6 Å². The summed E-state index contributed by atoms with van der Waals surface area (Å²) in [4.78, 5) is 14.8. The van der Waals surface area contributed by atoms with Crippen LogP contribution in [0.4, 0.5) is 5.69 Å². The number of sulfone groups is 1. The largest absolute Gasteiger partial charge is 0.451 e. The van der Waals surface area contributed by atoms with Gasteiger partial charge < -0.3 is 9.32 Å². The van der Waals surface area contributed by atoms with Crippen LogP contribution in [0.1, 0.15) is 24.4 Å². The van der Waals surface area contributed by atoms with Gasteiger partial charge in [-0.05, 0) is 62.4 Å². The lowest BCUT2D eigenvalue weighted by molar-refractivity contribution is 0.0955. The Balaban J connectivity index is 1.99. The SMILES string of the molecule is CC(C)N(C(=O)c1cc2cc(Cl)ccc2o1)c1ccc(S(C)(=O)=O)cc1. The van der Waals surface area contributed by atoms with Gasteiger partial charge in [0.25, 0.3) is 5.91 Å². The standard InChI is InChI=1S/C19H18ClNO4S/c1-12(2)21(15-5-7-16(8-6-15)26(3,23)24)19(22)18-11-13-10-14(20)4-9-17(13)25-18/h4-12H,1-3H3. The van der Waals surface area contributed by atoms with Crippen LogP contribution in [0.5, 0.6) is 0 Å². The van der Waals surface area contributed by atoms with Crippen molar-refractivity contribution in [3.63, 3.8) is 0 Å². The zero-order valence-corrected chi connectivity index (χ0v) is 16.1. The second-order valence-electron chi connectivity index (χ2n) is 6.33. The fourth-order valence-electron chi connectivity index (χ4n) is 2.74. The van der Waals surface area contributed by atoms with E-state index in [2.05, 4.69) is 0 Å². The molecule has 0 spiro atoms. The normalized spacial score (nSPS) is 11.9. The molecule has 0 aliphatic heterocycles. The van der Waals surface area contributed by atoms with Crippen LogP contribution >= 0.6 is 11.6 Å². The summed E-state index contributed by atoms with van der Waals surface area (Å²) >= 11 is 5.98. The van der Waals surface area contributed by atoms with E-state index in [1.807, 2.05) is 13.8 Å². The van der Waals surface area contributed by atoms with Gasteiger partial charge in [0.2, 0.25) is 0 Å². The maximum Gasteiger partial charge on any atom is 0.294 e. The molecule has 0 N–H and O–H groups in total. The molecule has 3 rings (SSSR count). The highest BCUT2D eigenvalue weighted by molar-refractivity contribution is 7.90. The first-order chi connectivity index (χ1) is 12.2. The predicted octanol–water partition coefficient (Wildman–Crippen LogP) is 4.54. The van der Waals surface area contributed by atoms with Crippen molar-refractivity contribution in [2.45, 2.75) is 24.8 Å². The Morgan fingerprint density at radius 2 is 1.73 bits per heavy atom. The van der Waals surface area contributed by atoms with Crippen LogP contribution in [0.2, 0.25) is 5.02 Å². The molecule has 2 aromatic carbocycles. The Morgan fingerprint density at radius 1 is 1.08 bits per heavy atom. The van der Waals surface area contributed by atoms with Gasteiger partial charge in [-0.15, -0.1) is 0 Å². The van der Waals surface area contributed by atoms with Crippen molar-refractivity contribution in [3.8, 4) is 0 Å². The molecular formula is C19H18ClNO4S. The first-order valence-electron chi connectivity index (χ1n) is 7.99. The van der Waals surface area contributed by atoms with Gasteiger partial charge in [0.1, 0.15) is 5.58 Å². The summed E-state index contributed by atoms with van der Waals surface area (Å²) in [6.07, 6.45) is 1.15. The van der Waals surface area contributed by atoms with Crippen molar-refractivity contribution < 1.29 is 17.6 Å². The van der Waals surface area contributed by atoms with Gasteiger partial charge in [-0.25, -0.2) is 8.42 Å². The number of fused-ring (bicyclic) bond motifs is 1. The van der Waals surface area contributed by atoms with Crippen molar-refractivity contribution in [2.75, 3.05) is 11.2 Å². The monoisotopic (exact) mass is 391 g/mol. The average molecular weight is 392 g/mol. The lowest BCUT2D eigenvalue weighted by atomic mass is 10.2. The average Bonchev–Trinajstić information content (AvgIpc) is 2.97. The first kappa shape index (κ1) is 18.5. The van der Waals surface area contributed by atoms with E-state index in [4.69, 9.17) is 16.0 Å². The molecule has 1 aromatic heterocycles. The number of anilines is 1. The maximum atomic E-state index is 13.0. The highest BCUT2D eigenvalue weighted by atomic mass is 35.5. The summed E-state index contributed by atoms with van der Waals surface area (Å²) in [5, 5.41) is 1.31. The third-order valence-corrected chi connectivity index (χ3v) is 5.33. The molecule has 5 nitrogen and oxygen atoms in total. The Labute approximate surface area is 157 Å². The van der Waals surface area contributed by atoms with Crippen LogP contribution < -0.4 is 4.90 Å². The minimum absolute atomic E-state index is 0.150. The summed E-state index contributed by atoms with van der Waals surface area (Å²) in [5.74, 6) is -0.109. The molecule has 0 bridgehead atoms. The third-order valence-electron chi connectivity index (χ3n) is 3.97. The van der Waals surface area contributed by atoms with Gasteiger partial charge in [0.15, 0.2) is 15.6 Å². The minimum Gasteiger partial charge on any atom is -0.451 e. The molecule has 3 aromatic rings. The molecule has 0 unspecified atom stereocenters. The summed E-state index contributed by atoms with van der Waals surface area (Å²) < 4.78 is 28.9. The van der Waals surface area contributed by atoms with E-state index < -0.39 is 9.84 Å². The van der Waals surface area contributed by atoms with Crippen LogP contribution in [0.15, 0.2) is 57.8 Å². The van der Waals surface area contributed by atoms with Gasteiger partial charge >= 0.3 is 0 Å². The van der Waals surface area contributed by atoms with Crippen molar-refractivity contribution >= 4 is 44.0 Å². The second-order valence-corrected chi connectivity index (χ2v) is 8.78. The van der Waals surface area contributed by atoms with Crippen LogP contribution in [0, 0.1) is 0 Å². The van der Waals surface area contributed by atoms with Gasteiger partial charge in [0, 0.05) is 28.4 Å². The minimum atomic E-state index is -3.29. The van der Waals surface area contributed by atoms with E-state index in [1.165, 1.54) is 12.1 Å². The lowest BCUT2D eigenvalue weighted by Crippen LogP contribution is -2.36. The zero-order chi connectivity index (χ0) is 19.1. The number of halogens is 1. The predicted molar refractivity (Wildman–Crippen MR) is 103 cm³/mol. The number of hydrogen-bond donors (Lipinski definition) is 0. The fourth-order valence-corrected chi connectivity index (χ4v) is 3.55. The highest BCUT2D eigenvalue weighted by Gasteiger charge is 2.24. The Bertz CT molecular complexity index is 1070. The first-order valence-corrected chi connectivity index (χ1v) is 10.3. The number of benzene rings is 2. The number of rotatable bonds is 4. The van der Waals surface area contributed by atoms with Crippen LogP contribution in [-0.2, 0) is 9.84 Å². The molecule has 136 valence electrons. The van der Waals surface area contributed by atoms with E-state index in [0.29, 0.717) is 16.3 Å². The van der Waals surface area contributed by atoms with Gasteiger partial charge in [0.05, 0.1) is 4.90 Å². The van der Waals surface area contributed by atoms with E-state index in [0.717, 1.165) is 11.6 Å². The van der Waals surface area contributed by atoms with Crippen molar-refractivity contribution in [1.29, 1.82) is 0 Å². The molecule has 7 heteroatoms. The van der Waals surface area contributed by atoms with E-state index in [9.17, 15) is 13.2 Å². The quantitative estimate of drug-likeness (QED) is 0.654. The Hall–Kier alpha value is -2.31. The van der Waals surface area contributed by atoms with Gasteiger partial charge in [-0.1, -0.05) is 11.6 Å². The Morgan fingerprint density at radius 3 is 2.31 bits per heavy atom. The van der Waals surface area contributed by atoms with Gasteiger partial charge in [-0.2, -0.15) is 0 Å². The number of carbonyl (C=O) groups excluding carboxylic acids is 1. The maximum absolute atomic E-state index is 13.0. The molecule has 0 aliphatic rings. The summed E-state index contributed by atoms with van der Waals surface area (Å²) in [7, 11) is -3.29. The van der Waals surface area contributed by atoms with Gasteiger partial charge in [-0.3, -0.25) is 4.79 Å². The molecule has 1 amide bonds. The molecule has 0 saturated heterocycles. The number of amides is 1. The Kier molecular flexibility index (Phi) is 4.82. The molecule has 0 fully saturated rings. The molecule has 26 heavy (non-hydrogen) atoms. The van der Waals surface area contributed by atoms with Crippen molar-refractivity contribution in [3.05, 3.63) is 59.3 Å². The molecular weight excluding hydrogens is 374 g/mol. The van der Waals surface area contributed by atoms with Crippen molar-refractivity contribution in [1.82, 2.24) is 0 Å². The van der Waals surface area contributed by atoms with Crippen LogP contribution in [-0.4, -0.2) is 26.6 Å². The smallest absolute Gasteiger partial charge is 0.294 e. The third kappa shape index (κ3) is 3.61. The number of hydrogen-bond acceptors (Lipinski definition) is 4. The summed E-state index contributed by atoms with van der Waals surface area (Å²) in [5.41, 5.74) is 1.17. The molecule has 1 heterocycles. The number of furan rings is 1. The molecule has 0 aliphatic carbocycles. The highest BCUT2D eigenvalue weighted by Crippen LogP contribution is 2.27. The van der Waals surface area contributed by atoms with E-state index >= 15 is 0 Å². The number of nitrogens with zero attached hydrogens (tertiary/aromatic N) is 1. The zero-order valence-electron chi connectivity index (χ0n) is 14.6. The topological polar surface area (TPSA) is 67.6 Å². The fraction of sp³-hybridized carbons (Fsp3) is 0.211. The molecule has 0 atom stereocenters. The van der Waals surface area contributed by atoms with Crippen molar-refractivity contribution in [2.24, 2.45) is 0 Å².